The average Bonchev–Trinajstić information content (AvgIpc) is 2.98. The van der Waals surface area contributed by atoms with Crippen LogP contribution < -0.4 is 10.4 Å². The minimum absolute atomic E-state index is 0.111. The number of benzene rings is 1. The lowest BCUT2D eigenvalue weighted by Gasteiger charge is -2.09. The number of halogens is 1. The molecule has 108 valence electrons. The summed E-state index contributed by atoms with van der Waals surface area (Å²) in [5, 5.41) is 14.5. The third kappa shape index (κ3) is 2.73. The van der Waals surface area contributed by atoms with E-state index in [0.717, 1.165) is 10.9 Å². The summed E-state index contributed by atoms with van der Waals surface area (Å²) in [7, 11) is 0. The van der Waals surface area contributed by atoms with Crippen molar-refractivity contribution < 1.29 is 9.15 Å². The molecule has 2 aromatic heterocycles. The first-order valence-electron chi connectivity index (χ1n) is 6.28. The molecule has 0 aliphatic heterocycles. The van der Waals surface area contributed by atoms with Crippen molar-refractivity contribution in [1.82, 2.24) is 20.6 Å². The van der Waals surface area contributed by atoms with Gasteiger partial charge in [0.25, 0.3) is 0 Å². The normalized spacial score (nSPS) is 11.0. The SMILES string of the molecule is CCc1cc(=O)oc2cc(OCc3nn[nH]n3)c(Cl)cc12. The van der Waals surface area contributed by atoms with E-state index in [2.05, 4.69) is 20.6 Å². The molecule has 0 unspecified atom stereocenters. The van der Waals surface area contributed by atoms with Crippen LogP contribution in [0.15, 0.2) is 27.4 Å². The molecule has 0 amide bonds. The molecule has 0 aliphatic rings. The Bertz CT molecular complexity index is 829. The van der Waals surface area contributed by atoms with Crippen molar-refractivity contribution in [1.29, 1.82) is 0 Å². The van der Waals surface area contributed by atoms with Gasteiger partial charge in [-0.3, -0.25) is 0 Å². The van der Waals surface area contributed by atoms with Crippen LogP contribution in [0.5, 0.6) is 5.75 Å². The molecule has 8 heteroatoms. The van der Waals surface area contributed by atoms with Crippen LogP contribution in [0.1, 0.15) is 18.3 Å². The number of nitrogens with one attached hydrogen (secondary N) is 1. The zero-order valence-corrected chi connectivity index (χ0v) is 11.8. The molecule has 0 saturated carbocycles. The van der Waals surface area contributed by atoms with Crippen molar-refractivity contribution in [3.63, 3.8) is 0 Å². The molecule has 7 nitrogen and oxygen atoms in total. The van der Waals surface area contributed by atoms with Crippen LogP contribution in [0.2, 0.25) is 5.02 Å². The summed E-state index contributed by atoms with van der Waals surface area (Å²) in [5.74, 6) is 0.792. The van der Waals surface area contributed by atoms with Crippen LogP contribution in [-0.2, 0) is 13.0 Å². The van der Waals surface area contributed by atoms with E-state index < -0.39 is 5.63 Å². The molecule has 0 aliphatic carbocycles. The van der Waals surface area contributed by atoms with Crippen LogP contribution in [0.25, 0.3) is 11.0 Å². The van der Waals surface area contributed by atoms with Crippen molar-refractivity contribution in [2.45, 2.75) is 20.0 Å². The fourth-order valence-electron chi connectivity index (χ4n) is 2.02. The van der Waals surface area contributed by atoms with Gasteiger partial charge in [0.05, 0.1) is 5.02 Å². The standard InChI is InChI=1S/C13H11ClN4O3/c1-2-7-3-13(19)21-10-5-11(9(14)4-8(7)10)20-6-12-15-17-18-16-12/h3-5H,2,6H2,1H3,(H,15,16,17,18). The zero-order chi connectivity index (χ0) is 14.8. The van der Waals surface area contributed by atoms with Crippen LogP contribution in [0.4, 0.5) is 0 Å². The number of aromatic amines is 1. The van der Waals surface area contributed by atoms with Crippen molar-refractivity contribution in [2.24, 2.45) is 0 Å². The number of nitrogens with zero attached hydrogens (tertiary/aromatic N) is 3. The highest BCUT2D eigenvalue weighted by atomic mass is 35.5. The predicted octanol–water partition coefficient (Wildman–Crippen LogP) is 2.10. The average molecular weight is 307 g/mol. The number of fused-ring (bicyclic) bond motifs is 1. The van der Waals surface area contributed by atoms with E-state index in [0.29, 0.717) is 28.6 Å². The topological polar surface area (TPSA) is 93.9 Å². The number of hydrogen-bond donors (Lipinski definition) is 1. The van der Waals surface area contributed by atoms with E-state index >= 15 is 0 Å². The number of rotatable bonds is 4. The lowest BCUT2D eigenvalue weighted by molar-refractivity contribution is 0.296. The number of H-pyrrole nitrogens is 1. The van der Waals surface area contributed by atoms with Crippen molar-refractivity contribution in [2.75, 3.05) is 0 Å². The number of ether oxygens (including phenoxy) is 1. The van der Waals surface area contributed by atoms with Gasteiger partial charge < -0.3 is 9.15 Å². The first-order valence-corrected chi connectivity index (χ1v) is 6.66. The molecule has 3 aromatic rings. The van der Waals surface area contributed by atoms with Crippen LogP contribution >= 0.6 is 11.6 Å². The van der Waals surface area contributed by atoms with Crippen molar-refractivity contribution >= 4 is 22.6 Å². The summed E-state index contributed by atoms with van der Waals surface area (Å²) >= 11 is 6.20. The summed E-state index contributed by atoms with van der Waals surface area (Å²) < 4.78 is 10.7. The van der Waals surface area contributed by atoms with E-state index in [-0.39, 0.29) is 6.61 Å². The molecule has 0 fully saturated rings. The molecular formula is C13H11ClN4O3. The van der Waals surface area contributed by atoms with Gasteiger partial charge in [-0.1, -0.05) is 23.7 Å². The van der Waals surface area contributed by atoms with Crippen LogP contribution in [0.3, 0.4) is 0 Å². The first kappa shape index (κ1) is 13.6. The Hall–Kier alpha value is -2.41. The quantitative estimate of drug-likeness (QED) is 0.742. The Labute approximate surface area is 123 Å². The second-order valence-electron chi connectivity index (χ2n) is 4.34. The highest BCUT2D eigenvalue weighted by molar-refractivity contribution is 6.32. The van der Waals surface area contributed by atoms with Gasteiger partial charge in [-0.2, -0.15) is 5.21 Å². The molecule has 21 heavy (non-hydrogen) atoms. The molecule has 0 spiro atoms. The Kier molecular flexibility index (Phi) is 3.57. The lowest BCUT2D eigenvalue weighted by Crippen LogP contribution is -2.02. The minimum Gasteiger partial charge on any atom is -0.484 e. The summed E-state index contributed by atoms with van der Waals surface area (Å²) in [4.78, 5) is 11.5. The van der Waals surface area contributed by atoms with Gasteiger partial charge in [0, 0.05) is 17.5 Å². The third-order valence-corrected chi connectivity index (χ3v) is 3.30. The third-order valence-electron chi connectivity index (χ3n) is 3.01. The van der Waals surface area contributed by atoms with Gasteiger partial charge in [-0.15, -0.1) is 10.2 Å². The van der Waals surface area contributed by atoms with Gasteiger partial charge >= 0.3 is 5.63 Å². The maximum absolute atomic E-state index is 11.5. The molecule has 1 N–H and O–H groups in total. The molecule has 0 radical (unpaired) electrons. The summed E-state index contributed by atoms with van der Waals surface area (Å²) in [6.07, 6.45) is 0.710. The van der Waals surface area contributed by atoms with E-state index in [9.17, 15) is 4.79 Å². The lowest BCUT2D eigenvalue weighted by atomic mass is 10.1. The number of hydrogen-bond acceptors (Lipinski definition) is 6. The van der Waals surface area contributed by atoms with Gasteiger partial charge in [-0.05, 0) is 18.1 Å². The predicted molar refractivity (Wildman–Crippen MR) is 75.4 cm³/mol. The van der Waals surface area contributed by atoms with Crippen LogP contribution in [0, 0.1) is 0 Å². The molecule has 2 heterocycles. The molecule has 0 atom stereocenters. The first-order chi connectivity index (χ1) is 10.2. The number of aromatic nitrogens is 4. The van der Waals surface area contributed by atoms with Gasteiger partial charge in [0.2, 0.25) is 5.82 Å². The summed E-state index contributed by atoms with van der Waals surface area (Å²) in [6, 6.07) is 4.79. The highest BCUT2D eigenvalue weighted by Crippen LogP contribution is 2.31. The van der Waals surface area contributed by atoms with Gasteiger partial charge in [0.15, 0.2) is 6.61 Å². The van der Waals surface area contributed by atoms with Crippen molar-refractivity contribution in [3.05, 3.63) is 45.0 Å². The fourth-order valence-corrected chi connectivity index (χ4v) is 2.24. The molecule has 0 saturated heterocycles. The number of aryl methyl sites for hydroxylation is 1. The van der Waals surface area contributed by atoms with Gasteiger partial charge in [-0.25, -0.2) is 4.79 Å². The monoisotopic (exact) mass is 306 g/mol. The molecule has 1 aromatic carbocycles. The van der Waals surface area contributed by atoms with E-state index in [1.165, 1.54) is 6.07 Å². The van der Waals surface area contributed by atoms with Gasteiger partial charge in [0.1, 0.15) is 11.3 Å². The maximum Gasteiger partial charge on any atom is 0.336 e. The smallest absolute Gasteiger partial charge is 0.336 e. The summed E-state index contributed by atoms with van der Waals surface area (Å²) in [5.41, 5.74) is 0.922. The molecule has 3 rings (SSSR count). The second kappa shape index (κ2) is 5.53. The maximum atomic E-state index is 11.5. The Morgan fingerprint density at radius 2 is 2.24 bits per heavy atom. The second-order valence-corrected chi connectivity index (χ2v) is 4.75. The fraction of sp³-hybridized carbons (Fsp3) is 0.231. The van der Waals surface area contributed by atoms with E-state index in [4.69, 9.17) is 20.8 Å². The highest BCUT2D eigenvalue weighted by Gasteiger charge is 2.11. The Balaban J connectivity index is 2.00. The Morgan fingerprint density at radius 3 is 2.95 bits per heavy atom. The molecule has 0 bridgehead atoms. The minimum atomic E-state index is -0.397. The molecular weight excluding hydrogens is 296 g/mol. The van der Waals surface area contributed by atoms with Crippen molar-refractivity contribution in [3.8, 4) is 5.75 Å². The van der Waals surface area contributed by atoms with E-state index in [1.807, 2.05) is 6.92 Å². The number of tetrazole rings is 1. The summed E-state index contributed by atoms with van der Waals surface area (Å²) in [6.45, 7) is 2.07. The Morgan fingerprint density at radius 1 is 1.38 bits per heavy atom. The zero-order valence-electron chi connectivity index (χ0n) is 11.1. The van der Waals surface area contributed by atoms with E-state index in [1.54, 1.807) is 12.1 Å². The largest absolute Gasteiger partial charge is 0.484 e. The van der Waals surface area contributed by atoms with Crippen LogP contribution in [-0.4, -0.2) is 20.6 Å².